The van der Waals surface area contributed by atoms with Crippen molar-refractivity contribution in [2.24, 2.45) is 0 Å². The van der Waals surface area contributed by atoms with E-state index < -0.39 is 0 Å². The Bertz CT molecular complexity index is 880. The van der Waals surface area contributed by atoms with Crippen LogP contribution in [0.4, 0.5) is 15.8 Å². The second kappa shape index (κ2) is 9.79. The fourth-order valence-corrected chi connectivity index (χ4v) is 2.91. The maximum atomic E-state index is 13.6. The maximum Gasteiger partial charge on any atom is 0.251 e. The van der Waals surface area contributed by atoms with Crippen LogP contribution in [0.3, 0.4) is 0 Å². The third-order valence-corrected chi connectivity index (χ3v) is 4.15. The molecule has 0 aromatic heterocycles. The molecule has 0 spiro atoms. The Morgan fingerprint density at radius 2 is 1.55 bits per heavy atom. The van der Waals surface area contributed by atoms with E-state index in [2.05, 4.69) is 16.0 Å². The van der Waals surface area contributed by atoms with Gasteiger partial charge in [-0.05, 0) is 50.0 Å². The maximum absolute atomic E-state index is 13.6. The van der Waals surface area contributed by atoms with Crippen LogP contribution in [-0.4, -0.2) is 43.3 Å². The molecule has 0 saturated heterocycles. The van der Waals surface area contributed by atoms with Crippen molar-refractivity contribution in [3.05, 3.63) is 59.4 Å². The molecule has 3 amide bonds. The quantitative estimate of drug-likeness (QED) is 0.667. The molecule has 0 unspecified atom stereocenters. The summed E-state index contributed by atoms with van der Waals surface area (Å²) in [5.41, 5.74) is 1.80. The second-order valence-electron chi connectivity index (χ2n) is 6.91. The molecular formula is C21H25FN4O3. The zero-order chi connectivity index (χ0) is 21.6. The lowest BCUT2D eigenvalue weighted by Gasteiger charge is -2.25. The van der Waals surface area contributed by atoms with E-state index in [0.717, 1.165) is 5.56 Å². The highest BCUT2D eigenvalue weighted by Crippen LogP contribution is 2.21. The number of halogens is 1. The summed E-state index contributed by atoms with van der Waals surface area (Å²) in [6.45, 7) is 2.95. The Morgan fingerprint density at radius 1 is 0.966 bits per heavy atom. The van der Waals surface area contributed by atoms with Gasteiger partial charge in [0.1, 0.15) is 5.82 Å². The van der Waals surface area contributed by atoms with Crippen molar-refractivity contribution in [2.75, 3.05) is 31.3 Å². The number of amides is 3. The number of carbonyl (C=O) groups excluding carboxylic acids is 3. The van der Waals surface area contributed by atoms with Crippen LogP contribution in [0.25, 0.3) is 0 Å². The predicted molar refractivity (Wildman–Crippen MR) is 110 cm³/mol. The van der Waals surface area contributed by atoms with Crippen LogP contribution in [0.15, 0.2) is 42.5 Å². The lowest BCUT2D eigenvalue weighted by Crippen LogP contribution is -2.34. The predicted octanol–water partition coefficient (Wildman–Crippen LogP) is 2.78. The van der Waals surface area contributed by atoms with Crippen molar-refractivity contribution < 1.29 is 18.8 Å². The first-order valence-electron chi connectivity index (χ1n) is 9.06. The van der Waals surface area contributed by atoms with Gasteiger partial charge in [0.25, 0.3) is 5.91 Å². The van der Waals surface area contributed by atoms with Gasteiger partial charge in [-0.15, -0.1) is 0 Å². The minimum Gasteiger partial charge on any atom is -0.350 e. The van der Waals surface area contributed by atoms with Crippen LogP contribution >= 0.6 is 0 Å². The molecule has 2 rings (SSSR count). The third kappa shape index (κ3) is 6.69. The minimum absolute atomic E-state index is 0.233. The number of likely N-dealkylation sites (N-methyl/N-ethyl adjacent to an activating group) is 1. The first-order chi connectivity index (χ1) is 13.7. The first kappa shape index (κ1) is 22.0. The van der Waals surface area contributed by atoms with Crippen LogP contribution in [-0.2, 0) is 9.59 Å². The smallest absolute Gasteiger partial charge is 0.251 e. The van der Waals surface area contributed by atoms with Gasteiger partial charge in [-0.1, -0.05) is 12.1 Å². The molecule has 2 aromatic rings. The van der Waals surface area contributed by atoms with Gasteiger partial charge in [-0.3, -0.25) is 14.4 Å². The average molecular weight is 400 g/mol. The van der Waals surface area contributed by atoms with Gasteiger partial charge >= 0.3 is 0 Å². The number of nitrogens with one attached hydrogen (secondary N) is 3. The minimum atomic E-state index is -0.382. The molecule has 0 fully saturated rings. The van der Waals surface area contributed by atoms with Gasteiger partial charge < -0.3 is 20.9 Å². The van der Waals surface area contributed by atoms with E-state index in [1.807, 2.05) is 19.0 Å². The molecule has 7 nitrogen and oxygen atoms in total. The molecule has 0 radical (unpaired) electrons. The van der Waals surface area contributed by atoms with E-state index in [9.17, 15) is 18.8 Å². The molecule has 2 aromatic carbocycles. The molecule has 3 N–H and O–H groups in total. The molecule has 0 heterocycles. The fourth-order valence-electron chi connectivity index (χ4n) is 2.91. The summed E-state index contributed by atoms with van der Waals surface area (Å²) in [5.74, 6) is -1.32. The summed E-state index contributed by atoms with van der Waals surface area (Å²) in [6, 6.07) is 10.6. The molecule has 0 saturated carbocycles. The topological polar surface area (TPSA) is 90.5 Å². The van der Waals surface area contributed by atoms with Crippen molar-refractivity contribution >= 4 is 29.1 Å². The molecule has 154 valence electrons. The molecule has 0 aliphatic carbocycles. The molecule has 0 aliphatic rings. The SMILES string of the molecule is CC(=O)Nc1cc(NC(C)=O)cc(C(=O)NC[C@H](c2cccc(F)c2)N(C)C)c1. The summed E-state index contributed by atoms with van der Waals surface area (Å²) in [4.78, 5) is 37.3. The van der Waals surface area contributed by atoms with Crippen molar-refractivity contribution in [2.45, 2.75) is 19.9 Å². The van der Waals surface area contributed by atoms with E-state index in [4.69, 9.17) is 0 Å². The van der Waals surface area contributed by atoms with Crippen LogP contribution in [0.2, 0.25) is 0 Å². The van der Waals surface area contributed by atoms with E-state index in [1.54, 1.807) is 18.2 Å². The Hall–Kier alpha value is -3.26. The van der Waals surface area contributed by atoms with E-state index in [-0.39, 0.29) is 41.7 Å². The average Bonchev–Trinajstić information content (AvgIpc) is 2.60. The van der Waals surface area contributed by atoms with Crippen LogP contribution in [0.1, 0.15) is 35.8 Å². The highest BCUT2D eigenvalue weighted by atomic mass is 19.1. The Balaban J connectivity index is 2.21. The highest BCUT2D eigenvalue weighted by molar-refractivity contribution is 5.99. The van der Waals surface area contributed by atoms with Gasteiger partial charge in [-0.2, -0.15) is 0 Å². The Kier molecular flexibility index (Phi) is 7.44. The number of rotatable bonds is 7. The third-order valence-electron chi connectivity index (χ3n) is 4.15. The zero-order valence-electron chi connectivity index (χ0n) is 16.9. The molecule has 0 bridgehead atoms. The van der Waals surface area contributed by atoms with E-state index in [1.165, 1.54) is 38.1 Å². The van der Waals surface area contributed by atoms with Gasteiger partial charge in [-0.25, -0.2) is 4.39 Å². The monoisotopic (exact) mass is 400 g/mol. The van der Waals surface area contributed by atoms with Crippen LogP contribution in [0.5, 0.6) is 0 Å². The molecule has 1 atom stereocenters. The highest BCUT2D eigenvalue weighted by Gasteiger charge is 2.17. The number of anilines is 2. The number of hydrogen-bond acceptors (Lipinski definition) is 4. The van der Waals surface area contributed by atoms with Gasteiger partial charge in [0.15, 0.2) is 0 Å². The van der Waals surface area contributed by atoms with Gasteiger partial charge in [0.05, 0.1) is 6.04 Å². The molecule has 0 aliphatic heterocycles. The van der Waals surface area contributed by atoms with Crippen molar-refractivity contribution in [1.82, 2.24) is 10.2 Å². The van der Waals surface area contributed by atoms with Gasteiger partial charge in [0.2, 0.25) is 11.8 Å². The van der Waals surface area contributed by atoms with Crippen molar-refractivity contribution in [1.29, 1.82) is 0 Å². The van der Waals surface area contributed by atoms with Crippen molar-refractivity contribution in [3.8, 4) is 0 Å². The van der Waals surface area contributed by atoms with Crippen LogP contribution < -0.4 is 16.0 Å². The molecule has 8 heteroatoms. The molecule has 29 heavy (non-hydrogen) atoms. The first-order valence-corrected chi connectivity index (χ1v) is 9.06. The lowest BCUT2D eigenvalue weighted by atomic mass is 10.1. The fraction of sp³-hybridized carbons (Fsp3) is 0.286. The Labute approximate surface area is 169 Å². The summed E-state index contributed by atoms with van der Waals surface area (Å²) >= 11 is 0. The van der Waals surface area contributed by atoms with Gasteiger partial charge in [0, 0.05) is 37.3 Å². The van der Waals surface area contributed by atoms with Crippen molar-refractivity contribution in [3.63, 3.8) is 0 Å². The summed E-state index contributed by atoms with van der Waals surface area (Å²) < 4.78 is 13.6. The number of hydrogen-bond donors (Lipinski definition) is 3. The van der Waals surface area contributed by atoms with E-state index >= 15 is 0 Å². The summed E-state index contributed by atoms with van der Waals surface area (Å²) in [7, 11) is 3.68. The zero-order valence-corrected chi connectivity index (χ0v) is 16.9. The number of benzene rings is 2. The molecular weight excluding hydrogens is 375 g/mol. The summed E-state index contributed by atoms with van der Waals surface area (Å²) in [5, 5.41) is 8.05. The number of carbonyl (C=O) groups is 3. The Morgan fingerprint density at radius 3 is 2.03 bits per heavy atom. The van der Waals surface area contributed by atoms with E-state index in [0.29, 0.717) is 11.4 Å². The normalized spacial score (nSPS) is 11.7. The largest absolute Gasteiger partial charge is 0.350 e. The summed E-state index contributed by atoms with van der Waals surface area (Å²) in [6.07, 6.45) is 0. The lowest BCUT2D eigenvalue weighted by molar-refractivity contribution is -0.115. The van der Waals surface area contributed by atoms with Crippen LogP contribution in [0, 0.1) is 5.82 Å². The number of nitrogens with zero attached hydrogens (tertiary/aromatic N) is 1. The standard InChI is InChI=1S/C21H25FN4O3/c1-13(27)24-18-9-16(10-19(11-18)25-14(2)28)21(29)23-12-20(26(3)4)15-6-5-7-17(22)8-15/h5-11,20H,12H2,1-4H3,(H,23,29)(H,24,27)(H,25,28)/t20-/m1/s1. The second-order valence-corrected chi connectivity index (χ2v) is 6.91.